The lowest BCUT2D eigenvalue weighted by Crippen LogP contribution is -2.51. The number of benzene rings is 1. The molecule has 1 atom stereocenters. The first kappa shape index (κ1) is 14.0. The van der Waals surface area contributed by atoms with Crippen LogP contribution in [0.25, 0.3) is 0 Å². The van der Waals surface area contributed by atoms with Crippen LogP contribution in [0, 0.1) is 0 Å². The van der Waals surface area contributed by atoms with Gasteiger partial charge in [-0.05, 0) is 31.0 Å². The van der Waals surface area contributed by atoms with Gasteiger partial charge >= 0.3 is 0 Å². The van der Waals surface area contributed by atoms with Gasteiger partial charge in [0, 0.05) is 31.9 Å². The van der Waals surface area contributed by atoms with Gasteiger partial charge in [-0.1, -0.05) is 19.1 Å². The van der Waals surface area contributed by atoms with Crippen LogP contribution in [-0.4, -0.2) is 43.0 Å². The summed E-state index contributed by atoms with van der Waals surface area (Å²) in [6, 6.07) is 7.99. The summed E-state index contributed by atoms with van der Waals surface area (Å²) in [6.45, 7) is 7.89. The molecule has 0 aliphatic carbocycles. The Morgan fingerprint density at radius 1 is 1.32 bits per heavy atom. The summed E-state index contributed by atoms with van der Waals surface area (Å²) in [7, 11) is 0. The topological polar surface area (TPSA) is 44.4 Å². The molecular formula is C15H23N3O. The first-order valence-electron chi connectivity index (χ1n) is 7.05. The molecule has 0 spiro atoms. The molecule has 1 aliphatic rings. The maximum Gasteiger partial charge on any atom is 0.241 e. The molecule has 2 rings (SSSR count). The summed E-state index contributed by atoms with van der Waals surface area (Å²) >= 11 is 0. The molecule has 19 heavy (non-hydrogen) atoms. The van der Waals surface area contributed by atoms with Crippen molar-refractivity contribution in [3.63, 3.8) is 0 Å². The van der Waals surface area contributed by atoms with Crippen molar-refractivity contribution in [2.24, 2.45) is 0 Å². The zero-order chi connectivity index (χ0) is 13.7. The fourth-order valence-corrected chi connectivity index (χ4v) is 2.31. The lowest BCUT2D eigenvalue weighted by atomic mass is 10.1. The van der Waals surface area contributed by atoms with Crippen LogP contribution in [0.4, 0.5) is 5.69 Å². The van der Waals surface area contributed by atoms with E-state index in [1.165, 1.54) is 5.56 Å². The fourth-order valence-electron chi connectivity index (χ4n) is 2.31. The zero-order valence-electron chi connectivity index (χ0n) is 11.8. The van der Waals surface area contributed by atoms with Crippen molar-refractivity contribution in [2.75, 3.05) is 31.5 Å². The SMILES string of the molecule is CCc1ccc(NC(=O)C(C)N2CCNCC2)cc1. The summed E-state index contributed by atoms with van der Waals surface area (Å²) < 4.78 is 0. The van der Waals surface area contributed by atoms with Crippen LogP contribution >= 0.6 is 0 Å². The largest absolute Gasteiger partial charge is 0.325 e. The third kappa shape index (κ3) is 3.78. The van der Waals surface area contributed by atoms with Gasteiger partial charge in [0.05, 0.1) is 6.04 Å². The average molecular weight is 261 g/mol. The fraction of sp³-hybridized carbons (Fsp3) is 0.533. The van der Waals surface area contributed by atoms with Crippen molar-refractivity contribution in [1.29, 1.82) is 0 Å². The third-order valence-electron chi connectivity index (χ3n) is 3.71. The first-order valence-corrected chi connectivity index (χ1v) is 7.05. The number of aryl methyl sites for hydroxylation is 1. The molecule has 0 radical (unpaired) electrons. The standard InChI is InChI=1S/C15H23N3O/c1-3-13-4-6-14(7-5-13)17-15(19)12(2)18-10-8-16-9-11-18/h4-7,12,16H,3,8-11H2,1-2H3,(H,17,19). The van der Waals surface area contributed by atoms with E-state index in [0.717, 1.165) is 38.3 Å². The van der Waals surface area contributed by atoms with E-state index in [1.807, 2.05) is 19.1 Å². The van der Waals surface area contributed by atoms with Gasteiger partial charge in [0.1, 0.15) is 0 Å². The van der Waals surface area contributed by atoms with Crippen LogP contribution in [0.5, 0.6) is 0 Å². The maximum absolute atomic E-state index is 12.2. The zero-order valence-corrected chi connectivity index (χ0v) is 11.8. The quantitative estimate of drug-likeness (QED) is 0.863. The van der Waals surface area contributed by atoms with E-state index in [1.54, 1.807) is 0 Å². The van der Waals surface area contributed by atoms with E-state index in [-0.39, 0.29) is 11.9 Å². The molecule has 0 saturated carbocycles. The van der Waals surface area contributed by atoms with Gasteiger partial charge in [-0.2, -0.15) is 0 Å². The minimum Gasteiger partial charge on any atom is -0.325 e. The number of nitrogens with zero attached hydrogens (tertiary/aromatic N) is 1. The highest BCUT2D eigenvalue weighted by Gasteiger charge is 2.22. The highest BCUT2D eigenvalue weighted by atomic mass is 16.2. The molecule has 1 fully saturated rings. The highest BCUT2D eigenvalue weighted by molar-refractivity contribution is 5.94. The lowest BCUT2D eigenvalue weighted by Gasteiger charge is -2.31. The van der Waals surface area contributed by atoms with E-state index in [0.29, 0.717) is 0 Å². The second-order valence-corrected chi connectivity index (χ2v) is 5.00. The molecule has 4 heteroatoms. The monoisotopic (exact) mass is 261 g/mol. The number of amides is 1. The summed E-state index contributed by atoms with van der Waals surface area (Å²) in [5, 5.41) is 6.29. The van der Waals surface area contributed by atoms with Gasteiger partial charge in [0.2, 0.25) is 5.91 Å². The molecule has 1 amide bonds. The molecule has 1 aliphatic heterocycles. The van der Waals surface area contributed by atoms with E-state index in [4.69, 9.17) is 0 Å². The van der Waals surface area contributed by atoms with E-state index in [2.05, 4.69) is 34.6 Å². The predicted octanol–water partition coefficient (Wildman–Crippen LogP) is 1.48. The van der Waals surface area contributed by atoms with Crippen molar-refractivity contribution in [3.8, 4) is 0 Å². The van der Waals surface area contributed by atoms with E-state index in [9.17, 15) is 4.79 Å². The Morgan fingerprint density at radius 2 is 1.95 bits per heavy atom. The molecule has 2 N–H and O–H groups in total. The minimum atomic E-state index is -0.0760. The third-order valence-corrected chi connectivity index (χ3v) is 3.71. The van der Waals surface area contributed by atoms with E-state index >= 15 is 0 Å². The Morgan fingerprint density at radius 3 is 2.53 bits per heavy atom. The van der Waals surface area contributed by atoms with Gasteiger partial charge in [-0.25, -0.2) is 0 Å². The molecule has 104 valence electrons. The normalized spacial score (nSPS) is 18.0. The summed E-state index contributed by atoms with van der Waals surface area (Å²) in [5.74, 6) is 0.0751. The number of rotatable bonds is 4. The lowest BCUT2D eigenvalue weighted by molar-refractivity contribution is -0.120. The van der Waals surface area contributed by atoms with Gasteiger partial charge in [0.15, 0.2) is 0 Å². The Labute approximate surface area is 115 Å². The Balaban J connectivity index is 1.91. The minimum absolute atomic E-state index is 0.0751. The molecule has 1 saturated heterocycles. The number of hydrogen-bond acceptors (Lipinski definition) is 3. The average Bonchev–Trinajstić information content (AvgIpc) is 2.48. The second kappa shape index (κ2) is 6.68. The number of nitrogens with one attached hydrogen (secondary N) is 2. The van der Waals surface area contributed by atoms with Crippen molar-refractivity contribution in [3.05, 3.63) is 29.8 Å². The number of hydrogen-bond donors (Lipinski definition) is 2. The van der Waals surface area contributed by atoms with Crippen molar-refractivity contribution >= 4 is 11.6 Å². The predicted molar refractivity (Wildman–Crippen MR) is 78.4 cm³/mol. The van der Waals surface area contributed by atoms with Crippen LogP contribution in [-0.2, 0) is 11.2 Å². The molecule has 0 aromatic heterocycles. The Kier molecular flexibility index (Phi) is 4.93. The molecule has 0 bridgehead atoms. The van der Waals surface area contributed by atoms with Crippen molar-refractivity contribution in [2.45, 2.75) is 26.3 Å². The number of carbonyl (C=O) groups excluding carboxylic acids is 1. The second-order valence-electron chi connectivity index (χ2n) is 5.00. The number of piperazine rings is 1. The Bertz CT molecular complexity index is 410. The molecule has 1 unspecified atom stereocenters. The summed E-state index contributed by atoms with van der Waals surface area (Å²) in [6.07, 6.45) is 1.02. The molecule has 1 aromatic rings. The maximum atomic E-state index is 12.2. The molecule has 1 aromatic carbocycles. The van der Waals surface area contributed by atoms with Crippen LogP contribution in [0.2, 0.25) is 0 Å². The van der Waals surface area contributed by atoms with Crippen LogP contribution in [0.1, 0.15) is 19.4 Å². The van der Waals surface area contributed by atoms with Gasteiger partial charge in [-0.3, -0.25) is 9.69 Å². The number of carbonyl (C=O) groups is 1. The summed E-state index contributed by atoms with van der Waals surface area (Å²) in [4.78, 5) is 14.4. The van der Waals surface area contributed by atoms with Gasteiger partial charge in [0.25, 0.3) is 0 Å². The van der Waals surface area contributed by atoms with Crippen LogP contribution in [0.3, 0.4) is 0 Å². The van der Waals surface area contributed by atoms with Crippen molar-refractivity contribution < 1.29 is 4.79 Å². The molecule has 1 heterocycles. The highest BCUT2D eigenvalue weighted by Crippen LogP contribution is 2.11. The first-order chi connectivity index (χ1) is 9.20. The van der Waals surface area contributed by atoms with E-state index < -0.39 is 0 Å². The van der Waals surface area contributed by atoms with Crippen molar-refractivity contribution in [1.82, 2.24) is 10.2 Å². The smallest absolute Gasteiger partial charge is 0.241 e. The van der Waals surface area contributed by atoms with Gasteiger partial charge < -0.3 is 10.6 Å². The van der Waals surface area contributed by atoms with Crippen LogP contribution < -0.4 is 10.6 Å². The molecular weight excluding hydrogens is 238 g/mol. The Hall–Kier alpha value is -1.39. The molecule has 4 nitrogen and oxygen atoms in total. The van der Waals surface area contributed by atoms with Gasteiger partial charge in [-0.15, -0.1) is 0 Å². The number of anilines is 1. The van der Waals surface area contributed by atoms with Crippen LogP contribution in [0.15, 0.2) is 24.3 Å². The summed E-state index contributed by atoms with van der Waals surface area (Å²) in [5.41, 5.74) is 2.16.